The fourth-order valence-electron chi connectivity index (χ4n) is 2.25. The van der Waals surface area contributed by atoms with Crippen molar-refractivity contribution in [2.45, 2.75) is 19.3 Å². The average Bonchev–Trinajstić information content (AvgIpc) is 2.81. The molecule has 0 atom stereocenters. The molecule has 92 valence electrons. The molecule has 1 aliphatic carbocycles. The summed E-state index contributed by atoms with van der Waals surface area (Å²) in [5.41, 5.74) is 8.97. The van der Waals surface area contributed by atoms with Crippen LogP contribution in [0.2, 0.25) is 5.02 Å². The number of anilines is 1. The van der Waals surface area contributed by atoms with Gasteiger partial charge in [0, 0.05) is 21.3 Å². The number of aromatic nitrogens is 2. The predicted octanol–water partition coefficient (Wildman–Crippen LogP) is 3.63. The van der Waals surface area contributed by atoms with Crippen LogP contribution in [0.3, 0.4) is 0 Å². The number of rotatable bonds is 1. The van der Waals surface area contributed by atoms with E-state index in [-0.39, 0.29) is 0 Å². The van der Waals surface area contributed by atoms with Gasteiger partial charge in [-0.05, 0) is 37.5 Å². The number of nitrogens with two attached hydrogens (primary N) is 1. The monoisotopic (exact) mass is 323 g/mol. The van der Waals surface area contributed by atoms with Crippen LogP contribution in [0.15, 0.2) is 22.7 Å². The van der Waals surface area contributed by atoms with E-state index in [1.807, 2.05) is 18.2 Å². The van der Waals surface area contributed by atoms with Crippen LogP contribution in [-0.4, -0.2) is 9.97 Å². The third kappa shape index (κ3) is 1.99. The van der Waals surface area contributed by atoms with E-state index >= 15 is 0 Å². The summed E-state index contributed by atoms with van der Waals surface area (Å²) in [6, 6.07) is 5.63. The van der Waals surface area contributed by atoms with E-state index in [0.29, 0.717) is 16.7 Å². The van der Waals surface area contributed by atoms with Gasteiger partial charge in [0.1, 0.15) is 5.82 Å². The first kappa shape index (κ1) is 11.9. The molecule has 3 nitrogen and oxygen atoms in total. The van der Waals surface area contributed by atoms with Crippen molar-refractivity contribution in [2.24, 2.45) is 0 Å². The molecule has 0 saturated carbocycles. The molecule has 0 bridgehead atoms. The van der Waals surface area contributed by atoms with E-state index in [2.05, 4.69) is 25.9 Å². The maximum atomic E-state index is 6.19. The van der Waals surface area contributed by atoms with E-state index in [0.717, 1.165) is 40.6 Å². The van der Waals surface area contributed by atoms with Crippen LogP contribution in [0.5, 0.6) is 0 Å². The van der Waals surface area contributed by atoms with Gasteiger partial charge in [-0.3, -0.25) is 0 Å². The minimum Gasteiger partial charge on any atom is -0.383 e. The highest BCUT2D eigenvalue weighted by atomic mass is 79.9. The van der Waals surface area contributed by atoms with Crippen molar-refractivity contribution in [2.75, 3.05) is 5.73 Å². The van der Waals surface area contributed by atoms with Gasteiger partial charge in [-0.1, -0.05) is 27.5 Å². The molecule has 0 amide bonds. The fourth-order valence-corrected chi connectivity index (χ4v) is 2.81. The molecule has 0 saturated heterocycles. The number of halogens is 2. The van der Waals surface area contributed by atoms with E-state index in [9.17, 15) is 0 Å². The molecule has 1 aliphatic rings. The quantitative estimate of drug-likeness (QED) is 0.871. The topological polar surface area (TPSA) is 51.8 Å². The summed E-state index contributed by atoms with van der Waals surface area (Å²) in [6.07, 6.45) is 3.05. The van der Waals surface area contributed by atoms with E-state index in [1.54, 1.807) is 0 Å². The maximum Gasteiger partial charge on any atom is 0.163 e. The van der Waals surface area contributed by atoms with E-state index < -0.39 is 0 Å². The van der Waals surface area contributed by atoms with Crippen LogP contribution in [0.1, 0.15) is 17.7 Å². The van der Waals surface area contributed by atoms with Gasteiger partial charge >= 0.3 is 0 Å². The molecule has 3 rings (SSSR count). The Morgan fingerprint density at radius 2 is 2.06 bits per heavy atom. The minimum atomic E-state index is 0.587. The molecule has 18 heavy (non-hydrogen) atoms. The first-order valence-corrected chi connectivity index (χ1v) is 6.93. The van der Waals surface area contributed by atoms with E-state index in [1.165, 1.54) is 0 Å². The van der Waals surface area contributed by atoms with Crippen molar-refractivity contribution in [1.29, 1.82) is 0 Å². The summed E-state index contributed by atoms with van der Waals surface area (Å²) in [6.45, 7) is 0. The van der Waals surface area contributed by atoms with Crippen LogP contribution >= 0.6 is 27.5 Å². The van der Waals surface area contributed by atoms with Gasteiger partial charge in [0.15, 0.2) is 5.82 Å². The molecule has 1 aromatic carbocycles. The summed E-state index contributed by atoms with van der Waals surface area (Å²) in [4.78, 5) is 8.97. The highest BCUT2D eigenvalue weighted by Crippen LogP contribution is 2.32. The lowest BCUT2D eigenvalue weighted by atomic mass is 10.2. The molecular weight excluding hydrogens is 314 g/mol. The number of hydrogen-bond donors (Lipinski definition) is 1. The zero-order chi connectivity index (χ0) is 12.7. The number of fused-ring (bicyclic) bond motifs is 1. The Labute approximate surface area is 119 Å². The fraction of sp³-hybridized carbons (Fsp3) is 0.231. The maximum absolute atomic E-state index is 6.19. The Bertz CT molecular complexity index is 628. The Kier molecular flexibility index (Phi) is 2.99. The van der Waals surface area contributed by atoms with Crippen LogP contribution in [0, 0.1) is 0 Å². The van der Waals surface area contributed by atoms with Gasteiger partial charge in [0.05, 0.1) is 5.02 Å². The van der Waals surface area contributed by atoms with Gasteiger partial charge in [-0.2, -0.15) is 0 Å². The first-order valence-electron chi connectivity index (χ1n) is 5.76. The van der Waals surface area contributed by atoms with Gasteiger partial charge in [0.25, 0.3) is 0 Å². The molecular formula is C13H11BrClN3. The van der Waals surface area contributed by atoms with Gasteiger partial charge in [-0.25, -0.2) is 9.97 Å². The molecule has 0 unspecified atom stereocenters. The van der Waals surface area contributed by atoms with Gasteiger partial charge in [0.2, 0.25) is 0 Å². The Hall–Kier alpha value is -1.13. The third-order valence-corrected chi connectivity index (χ3v) is 3.96. The zero-order valence-electron chi connectivity index (χ0n) is 9.58. The second-order valence-corrected chi connectivity index (χ2v) is 5.66. The lowest BCUT2D eigenvalue weighted by Gasteiger charge is -2.08. The predicted molar refractivity (Wildman–Crippen MR) is 76.6 cm³/mol. The normalized spacial score (nSPS) is 13.7. The summed E-state index contributed by atoms with van der Waals surface area (Å²) in [5.74, 6) is 1.20. The third-order valence-electron chi connectivity index (χ3n) is 3.13. The summed E-state index contributed by atoms with van der Waals surface area (Å²) in [7, 11) is 0. The first-order chi connectivity index (χ1) is 8.65. The standard InChI is InChI=1S/C13H11BrClN3/c14-7-4-5-10(15)9(6-7)13-17-11-3-1-2-8(11)12(16)18-13/h4-6H,1-3H2,(H2,16,17,18). The number of hydrogen-bond acceptors (Lipinski definition) is 3. The molecule has 1 heterocycles. The number of benzene rings is 1. The molecule has 0 fully saturated rings. The second kappa shape index (κ2) is 4.52. The number of nitrogens with zero attached hydrogens (tertiary/aromatic N) is 2. The van der Waals surface area contributed by atoms with Crippen molar-refractivity contribution < 1.29 is 0 Å². The molecule has 0 aliphatic heterocycles. The SMILES string of the molecule is Nc1nc(-c2cc(Br)ccc2Cl)nc2c1CCC2. The summed E-state index contributed by atoms with van der Waals surface area (Å²) >= 11 is 9.62. The number of aryl methyl sites for hydroxylation is 1. The average molecular weight is 325 g/mol. The lowest BCUT2D eigenvalue weighted by molar-refractivity contribution is 0.900. The Balaban J connectivity index is 2.18. The summed E-state index contributed by atoms with van der Waals surface area (Å²) < 4.78 is 0.949. The van der Waals surface area contributed by atoms with Crippen LogP contribution < -0.4 is 5.73 Å². The Morgan fingerprint density at radius 3 is 2.89 bits per heavy atom. The van der Waals surface area contributed by atoms with Crippen LogP contribution in [0.4, 0.5) is 5.82 Å². The zero-order valence-corrected chi connectivity index (χ0v) is 11.9. The Morgan fingerprint density at radius 1 is 1.22 bits per heavy atom. The highest BCUT2D eigenvalue weighted by molar-refractivity contribution is 9.10. The highest BCUT2D eigenvalue weighted by Gasteiger charge is 2.19. The molecule has 0 spiro atoms. The van der Waals surface area contributed by atoms with Crippen molar-refractivity contribution in [3.63, 3.8) is 0 Å². The van der Waals surface area contributed by atoms with Gasteiger partial charge in [-0.15, -0.1) is 0 Å². The molecule has 2 N–H and O–H groups in total. The van der Waals surface area contributed by atoms with Crippen LogP contribution in [0.25, 0.3) is 11.4 Å². The molecule has 1 aromatic heterocycles. The molecule has 0 radical (unpaired) electrons. The van der Waals surface area contributed by atoms with Crippen LogP contribution in [-0.2, 0) is 12.8 Å². The van der Waals surface area contributed by atoms with Gasteiger partial charge < -0.3 is 5.73 Å². The van der Waals surface area contributed by atoms with E-state index in [4.69, 9.17) is 17.3 Å². The largest absolute Gasteiger partial charge is 0.383 e. The van der Waals surface area contributed by atoms with Crippen molar-refractivity contribution in [3.8, 4) is 11.4 Å². The second-order valence-electron chi connectivity index (χ2n) is 4.34. The van der Waals surface area contributed by atoms with Crippen molar-refractivity contribution in [3.05, 3.63) is 39.0 Å². The van der Waals surface area contributed by atoms with Crippen molar-refractivity contribution >= 4 is 33.3 Å². The molecule has 5 heteroatoms. The molecule has 2 aromatic rings. The summed E-state index contributed by atoms with van der Waals surface area (Å²) in [5, 5.41) is 0.635. The van der Waals surface area contributed by atoms with Crippen molar-refractivity contribution in [1.82, 2.24) is 9.97 Å². The minimum absolute atomic E-state index is 0.587. The lowest BCUT2D eigenvalue weighted by Crippen LogP contribution is -2.03. The number of nitrogen functional groups attached to an aromatic ring is 1. The smallest absolute Gasteiger partial charge is 0.163 e.